The zero-order chi connectivity index (χ0) is 16.4. The number of carbonyl (C=O) groups is 1. The van der Waals surface area contributed by atoms with Gasteiger partial charge in [0.15, 0.2) is 0 Å². The Morgan fingerprint density at radius 3 is 2.61 bits per heavy atom. The van der Waals surface area contributed by atoms with Crippen LogP contribution in [0.3, 0.4) is 0 Å². The molecule has 0 aliphatic carbocycles. The number of anilines is 1. The molecule has 6 heteroatoms. The van der Waals surface area contributed by atoms with Crippen molar-refractivity contribution in [3.8, 4) is 5.75 Å². The van der Waals surface area contributed by atoms with Crippen LogP contribution in [0, 0.1) is 6.92 Å². The first-order valence-electron chi connectivity index (χ1n) is 7.52. The fourth-order valence-corrected chi connectivity index (χ4v) is 3.61. The van der Waals surface area contributed by atoms with Crippen LogP contribution in [0.15, 0.2) is 29.6 Å². The van der Waals surface area contributed by atoms with Gasteiger partial charge in [-0.1, -0.05) is 17.7 Å². The van der Waals surface area contributed by atoms with Crippen molar-refractivity contribution in [2.75, 3.05) is 38.2 Å². The summed E-state index contributed by atoms with van der Waals surface area (Å²) in [4.78, 5) is 17.4. The molecule has 3 rings (SSSR count). The molecule has 1 aliphatic rings. The highest BCUT2D eigenvalue weighted by molar-refractivity contribution is 7.12. The molecule has 0 atom stereocenters. The normalized spacial score (nSPS) is 14.9. The monoisotopic (exact) mass is 350 g/mol. The Bertz CT molecular complexity index is 695. The minimum absolute atomic E-state index is 0.124. The van der Waals surface area contributed by atoms with Crippen LogP contribution in [-0.2, 0) is 0 Å². The minimum Gasteiger partial charge on any atom is -0.495 e. The number of nitrogens with zero attached hydrogens (tertiary/aromatic N) is 2. The fourth-order valence-electron chi connectivity index (χ4n) is 2.77. The van der Waals surface area contributed by atoms with Crippen molar-refractivity contribution >= 4 is 34.5 Å². The predicted octanol–water partition coefficient (Wildman–Crippen LogP) is 3.68. The maximum absolute atomic E-state index is 12.4. The Balaban J connectivity index is 1.72. The SMILES string of the molecule is COc1cc(Cl)c(C)cc1N1CCN(C(=O)c2cccs2)CC1. The molecule has 1 fully saturated rings. The average molecular weight is 351 g/mol. The molecule has 0 N–H and O–H groups in total. The summed E-state index contributed by atoms with van der Waals surface area (Å²) in [6, 6.07) is 7.70. The second-order valence-corrected chi connectivity index (χ2v) is 6.88. The molecule has 0 radical (unpaired) electrons. The smallest absolute Gasteiger partial charge is 0.264 e. The van der Waals surface area contributed by atoms with Gasteiger partial charge in [-0.25, -0.2) is 0 Å². The second-order valence-electron chi connectivity index (χ2n) is 5.53. The molecule has 1 aromatic heterocycles. The number of hydrogen-bond donors (Lipinski definition) is 0. The van der Waals surface area contributed by atoms with Crippen LogP contribution in [0.1, 0.15) is 15.2 Å². The minimum atomic E-state index is 0.124. The van der Waals surface area contributed by atoms with E-state index in [0.717, 1.165) is 35.0 Å². The molecule has 1 saturated heterocycles. The van der Waals surface area contributed by atoms with Gasteiger partial charge in [-0.3, -0.25) is 4.79 Å². The fraction of sp³-hybridized carbons (Fsp3) is 0.353. The summed E-state index contributed by atoms with van der Waals surface area (Å²) in [5.74, 6) is 0.900. The van der Waals surface area contributed by atoms with Crippen LogP contribution in [0.4, 0.5) is 5.69 Å². The van der Waals surface area contributed by atoms with Gasteiger partial charge in [-0.2, -0.15) is 0 Å². The Morgan fingerprint density at radius 1 is 1.26 bits per heavy atom. The molecule has 0 unspecified atom stereocenters. The van der Waals surface area contributed by atoms with Gasteiger partial charge in [0.1, 0.15) is 5.75 Å². The lowest BCUT2D eigenvalue weighted by Gasteiger charge is -2.36. The Morgan fingerprint density at radius 2 is 2.00 bits per heavy atom. The average Bonchev–Trinajstić information content (AvgIpc) is 3.11. The summed E-state index contributed by atoms with van der Waals surface area (Å²) in [6.45, 7) is 4.98. The van der Waals surface area contributed by atoms with E-state index < -0.39 is 0 Å². The summed E-state index contributed by atoms with van der Waals surface area (Å²) in [6.07, 6.45) is 0. The number of ether oxygens (including phenoxy) is 1. The van der Waals surface area contributed by atoms with E-state index in [1.54, 1.807) is 7.11 Å². The van der Waals surface area contributed by atoms with Gasteiger partial charge < -0.3 is 14.5 Å². The van der Waals surface area contributed by atoms with Crippen molar-refractivity contribution in [2.45, 2.75) is 6.92 Å². The maximum atomic E-state index is 12.4. The standard InChI is InChI=1S/C17H19ClN2O2S/c1-12-10-14(15(22-2)11-13(12)18)19-5-7-20(8-6-19)17(21)16-4-3-9-23-16/h3-4,9-11H,5-8H2,1-2H3. The second kappa shape index (κ2) is 6.81. The Labute approximate surface area is 145 Å². The van der Waals surface area contributed by atoms with E-state index in [1.807, 2.05) is 35.4 Å². The van der Waals surface area contributed by atoms with Crippen LogP contribution < -0.4 is 9.64 Å². The summed E-state index contributed by atoms with van der Waals surface area (Å²) >= 11 is 7.67. The van der Waals surface area contributed by atoms with Crippen molar-refractivity contribution in [3.05, 3.63) is 45.1 Å². The van der Waals surface area contributed by atoms with Crippen LogP contribution >= 0.6 is 22.9 Å². The highest BCUT2D eigenvalue weighted by atomic mass is 35.5. The number of hydrogen-bond acceptors (Lipinski definition) is 4. The third-order valence-corrected chi connectivity index (χ3v) is 5.36. The van der Waals surface area contributed by atoms with Gasteiger partial charge in [0.2, 0.25) is 0 Å². The largest absolute Gasteiger partial charge is 0.495 e. The quantitative estimate of drug-likeness (QED) is 0.846. The van der Waals surface area contributed by atoms with Gasteiger partial charge in [0.25, 0.3) is 5.91 Å². The molecular weight excluding hydrogens is 332 g/mol. The van der Waals surface area contributed by atoms with Crippen LogP contribution in [0.5, 0.6) is 5.75 Å². The number of aryl methyl sites for hydroxylation is 1. The summed E-state index contributed by atoms with van der Waals surface area (Å²) in [5.41, 5.74) is 2.07. The van der Waals surface area contributed by atoms with E-state index in [4.69, 9.17) is 16.3 Å². The Hall–Kier alpha value is -1.72. The van der Waals surface area contributed by atoms with Crippen molar-refractivity contribution in [2.24, 2.45) is 0 Å². The maximum Gasteiger partial charge on any atom is 0.264 e. The van der Waals surface area contributed by atoms with Gasteiger partial charge in [0, 0.05) is 37.3 Å². The number of halogens is 1. The summed E-state index contributed by atoms with van der Waals surface area (Å²) in [5, 5.41) is 2.64. The number of piperazine rings is 1. The summed E-state index contributed by atoms with van der Waals surface area (Å²) in [7, 11) is 1.65. The van der Waals surface area contributed by atoms with Crippen molar-refractivity contribution < 1.29 is 9.53 Å². The van der Waals surface area contributed by atoms with Crippen LogP contribution in [0.2, 0.25) is 5.02 Å². The van der Waals surface area contributed by atoms with Crippen LogP contribution in [-0.4, -0.2) is 44.1 Å². The number of rotatable bonds is 3. The predicted molar refractivity (Wildman–Crippen MR) is 95.2 cm³/mol. The lowest BCUT2D eigenvalue weighted by Crippen LogP contribution is -2.48. The lowest BCUT2D eigenvalue weighted by atomic mass is 10.1. The molecule has 0 spiro atoms. The van der Waals surface area contributed by atoms with E-state index in [1.165, 1.54) is 11.3 Å². The molecule has 4 nitrogen and oxygen atoms in total. The third-order valence-electron chi connectivity index (χ3n) is 4.10. The van der Waals surface area contributed by atoms with Crippen LogP contribution in [0.25, 0.3) is 0 Å². The summed E-state index contributed by atoms with van der Waals surface area (Å²) < 4.78 is 5.46. The zero-order valence-electron chi connectivity index (χ0n) is 13.2. The molecule has 2 heterocycles. The molecule has 0 saturated carbocycles. The first-order valence-corrected chi connectivity index (χ1v) is 8.78. The molecule has 23 heavy (non-hydrogen) atoms. The van der Waals surface area contributed by atoms with E-state index in [-0.39, 0.29) is 5.91 Å². The Kier molecular flexibility index (Phi) is 4.78. The lowest BCUT2D eigenvalue weighted by molar-refractivity contribution is 0.0751. The van der Waals surface area contributed by atoms with E-state index in [2.05, 4.69) is 11.0 Å². The van der Waals surface area contributed by atoms with Gasteiger partial charge >= 0.3 is 0 Å². The van der Waals surface area contributed by atoms with Crippen molar-refractivity contribution in [1.82, 2.24) is 4.90 Å². The first kappa shape index (κ1) is 16.1. The number of amides is 1. The number of benzene rings is 1. The van der Waals surface area contributed by atoms with Gasteiger partial charge in [0.05, 0.1) is 17.7 Å². The van der Waals surface area contributed by atoms with Crippen molar-refractivity contribution in [3.63, 3.8) is 0 Å². The number of carbonyl (C=O) groups excluding carboxylic acids is 1. The van der Waals surface area contributed by atoms with Crippen molar-refractivity contribution in [1.29, 1.82) is 0 Å². The van der Waals surface area contributed by atoms with E-state index in [9.17, 15) is 4.79 Å². The zero-order valence-corrected chi connectivity index (χ0v) is 14.8. The molecule has 1 aromatic carbocycles. The molecule has 1 aliphatic heterocycles. The number of thiophene rings is 1. The molecule has 1 amide bonds. The highest BCUT2D eigenvalue weighted by Crippen LogP contribution is 2.34. The molecule has 2 aromatic rings. The molecule has 122 valence electrons. The first-order chi connectivity index (χ1) is 11.1. The van der Waals surface area contributed by atoms with Gasteiger partial charge in [-0.05, 0) is 30.0 Å². The third kappa shape index (κ3) is 3.31. The highest BCUT2D eigenvalue weighted by Gasteiger charge is 2.24. The molecule has 0 bridgehead atoms. The number of methoxy groups -OCH3 is 1. The topological polar surface area (TPSA) is 32.8 Å². The van der Waals surface area contributed by atoms with E-state index in [0.29, 0.717) is 18.1 Å². The van der Waals surface area contributed by atoms with Gasteiger partial charge in [-0.15, -0.1) is 11.3 Å². The van der Waals surface area contributed by atoms with E-state index >= 15 is 0 Å². The molecular formula is C17H19ClN2O2S.